The molecule has 0 amide bonds. The van der Waals surface area contributed by atoms with Gasteiger partial charge in [0.15, 0.2) is 0 Å². The summed E-state index contributed by atoms with van der Waals surface area (Å²) in [6.07, 6.45) is 0. The second-order valence-electron chi connectivity index (χ2n) is 3.21. The third kappa shape index (κ3) is 1.84. The number of halogens is 3. The standard InChI is InChI=1S/C11H5Cl3O2/c12-5-3-7-6(8(4-5)11(15)16)1-2-9(13)10(7)14/h1-4H,(H,15,16). The molecular formula is C11H5Cl3O2. The van der Waals surface area contributed by atoms with Crippen molar-refractivity contribution < 1.29 is 9.90 Å². The number of carboxylic acid groups (broad SMARTS) is 1. The second-order valence-corrected chi connectivity index (χ2v) is 4.44. The van der Waals surface area contributed by atoms with Crippen molar-refractivity contribution in [3.63, 3.8) is 0 Å². The molecule has 2 nitrogen and oxygen atoms in total. The van der Waals surface area contributed by atoms with Gasteiger partial charge in [0.2, 0.25) is 0 Å². The number of fused-ring (bicyclic) bond motifs is 1. The lowest BCUT2D eigenvalue weighted by molar-refractivity contribution is 0.0699. The van der Waals surface area contributed by atoms with Crippen LogP contribution in [0.2, 0.25) is 15.1 Å². The van der Waals surface area contributed by atoms with Gasteiger partial charge in [0.1, 0.15) is 0 Å². The molecule has 0 spiro atoms. The first-order valence-corrected chi connectivity index (χ1v) is 5.44. The lowest BCUT2D eigenvalue weighted by atomic mass is 10.0. The molecule has 0 aliphatic heterocycles. The summed E-state index contributed by atoms with van der Waals surface area (Å²) in [7, 11) is 0. The number of hydrogen-bond donors (Lipinski definition) is 1. The zero-order valence-corrected chi connectivity index (χ0v) is 10.1. The van der Waals surface area contributed by atoms with E-state index in [0.717, 1.165) is 0 Å². The molecule has 16 heavy (non-hydrogen) atoms. The second kappa shape index (κ2) is 4.13. The Morgan fingerprint density at radius 1 is 1.06 bits per heavy atom. The molecule has 0 unspecified atom stereocenters. The average molecular weight is 276 g/mol. The average Bonchev–Trinajstić information content (AvgIpc) is 2.23. The highest BCUT2D eigenvalue weighted by atomic mass is 35.5. The van der Waals surface area contributed by atoms with Crippen molar-refractivity contribution >= 4 is 51.5 Å². The van der Waals surface area contributed by atoms with Gasteiger partial charge in [-0.3, -0.25) is 0 Å². The van der Waals surface area contributed by atoms with Crippen molar-refractivity contribution in [1.82, 2.24) is 0 Å². The third-order valence-electron chi connectivity index (χ3n) is 2.22. The molecule has 0 aliphatic rings. The van der Waals surface area contributed by atoms with Gasteiger partial charge in [-0.25, -0.2) is 4.79 Å². The number of rotatable bonds is 1. The highest BCUT2D eigenvalue weighted by molar-refractivity contribution is 6.46. The van der Waals surface area contributed by atoms with Crippen LogP contribution in [0.3, 0.4) is 0 Å². The van der Waals surface area contributed by atoms with Crippen LogP contribution < -0.4 is 0 Å². The highest BCUT2D eigenvalue weighted by Gasteiger charge is 2.13. The number of aromatic carboxylic acids is 1. The predicted octanol–water partition coefficient (Wildman–Crippen LogP) is 4.50. The molecule has 0 atom stereocenters. The quantitative estimate of drug-likeness (QED) is 0.832. The van der Waals surface area contributed by atoms with E-state index in [-0.39, 0.29) is 5.56 Å². The largest absolute Gasteiger partial charge is 0.478 e. The summed E-state index contributed by atoms with van der Waals surface area (Å²) in [6.45, 7) is 0. The zero-order valence-electron chi connectivity index (χ0n) is 7.80. The Kier molecular flexibility index (Phi) is 2.98. The van der Waals surface area contributed by atoms with E-state index in [1.54, 1.807) is 18.2 Å². The van der Waals surface area contributed by atoms with Gasteiger partial charge in [-0.05, 0) is 23.6 Å². The lowest BCUT2D eigenvalue weighted by Crippen LogP contribution is -1.97. The first-order valence-electron chi connectivity index (χ1n) is 4.31. The summed E-state index contributed by atoms with van der Waals surface area (Å²) in [5.74, 6) is -1.05. The van der Waals surface area contributed by atoms with Gasteiger partial charge in [0.25, 0.3) is 0 Å². The van der Waals surface area contributed by atoms with E-state index in [1.165, 1.54) is 6.07 Å². The fourth-order valence-electron chi connectivity index (χ4n) is 1.51. The molecule has 0 saturated carbocycles. The van der Waals surface area contributed by atoms with Crippen LogP contribution in [0.1, 0.15) is 10.4 Å². The molecule has 2 rings (SSSR count). The van der Waals surface area contributed by atoms with Gasteiger partial charge < -0.3 is 5.11 Å². The Balaban J connectivity index is 2.94. The van der Waals surface area contributed by atoms with Crippen LogP contribution >= 0.6 is 34.8 Å². The molecule has 2 aromatic carbocycles. The Morgan fingerprint density at radius 3 is 2.38 bits per heavy atom. The van der Waals surface area contributed by atoms with Gasteiger partial charge in [0, 0.05) is 10.4 Å². The highest BCUT2D eigenvalue weighted by Crippen LogP contribution is 2.34. The Morgan fingerprint density at radius 2 is 1.75 bits per heavy atom. The molecule has 0 aromatic heterocycles. The summed E-state index contributed by atoms with van der Waals surface area (Å²) in [5, 5.41) is 11.1. The first kappa shape index (κ1) is 11.5. The van der Waals surface area contributed by atoms with Crippen LogP contribution in [-0.2, 0) is 0 Å². The van der Waals surface area contributed by atoms with Gasteiger partial charge >= 0.3 is 5.97 Å². The molecule has 0 bridgehead atoms. The van der Waals surface area contributed by atoms with E-state index in [1.807, 2.05) is 0 Å². The maximum absolute atomic E-state index is 11.0. The van der Waals surface area contributed by atoms with Crippen molar-refractivity contribution in [2.24, 2.45) is 0 Å². The molecule has 5 heteroatoms. The molecular weight excluding hydrogens is 270 g/mol. The molecule has 0 radical (unpaired) electrons. The fourth-order valence-corrected chi connectivity index (χ4v) is 2.12. The molecule has 0 fully saturated rings. The van der Waals surface area contributed by atoms with Crippen molar-refractivity contribution in [3.05, 3.63) is 44.9 Å². The van der Waals surface area contributed by atoms with Crippen molar-refractivity contribution in [1.29, 1.82) is 0 Å². The van der Waals surface area contributed by atoms with Crippen LogP contribution in [0.4, 0.5) is 0 Å². The smallest absolute Gasteiger partial charge is 0.336 e. The molecule has 2 aromatic rings. The van der Waals surface area contributed by atoms with Crippen molar-refractivity contribution in [2.75, 3.05) is 0 Å². The summed E-state index contributed by atoms with van der Waals surface area (Å²) in [4.78, 5) is 11.0. The van der Waals surface area contributed by atoms with Crippen molar-refractivity contribution in [3.8, 4) is 0 Å². The van der Waals surface area contributed by atoms with Gasteiger partial charge in [-0.15, -0.1) is 0 Å². The minimum atomic E-state index is -1.05. The third-order valence-corrected chi connectivity index (χ3v) is 3.25. The SMILES string of the molecule is O=C(O)c1cc(Cl)cc2c(Cl)c(Cl)ccc12. The van der Waals surface area contributed by atoms with Gasteiger partial charge in [0.05, 0.1) is 15.6 Å². The summed E-state index contributed by atoms with van der Waals surface area (Å²) in [5.41, 5.74) is 0.112. The van der Waals surface area contributed by atoms with E-state index < -0.39 is 5.97 Å². The number of carboxylic acids is 1. The van der Waals surface area contributed by atoms with E-state index in [0.29, 0.717) is 25.8 Å². The van der Waals surface area contributed by atoms with Crippen molar-refractivity contribution in [2.45, 2.75) is 0 Å². The lowest BCUT2D eigenvalue weighted by Gasteiger charge is -2.06. The molecule has 0 aliphatic carbocycles. The van der Waals surface area contributed by atoms with E-state index >= 15 is 0 Å². The normalized spacial score (nSPS) is 10.7. The Bertz CT molecular complexity index is 593. The van der Waals surface area contributed by atoms with E-state index in [9.17, 15) is 4.79 Å². The predicted molar refractivity (Wildman–Crippen MR) is 65.9 cm³/mol. The maximum atomic E-state index is 11.0. The number of carbonyl (C=O) groups is 1. The van der Waals surface area contributed by atoms with Crippen LogP contribution in [0.5, 0.6) is 0 Å². The summed E-state index contributed by atoms with van der Waals surface area (Å²) in [6, 6.07) is 6.16. The minimum Gasteiger partial charge on any atom is -0.478 e. The van der Waals surface area contributed by atoms with E-state index in [2.05, 4.69) is 0 Å². The molecule has 82 valence electrons. The van der Waals surface area contributed by atoms with E-state index in [4.69, 9.17) is 39.9 Å². The molecule has 1 N–H and O–H groups in total. The number of hydrogen-bond acceptors (Lipinski definition) is 1. The molecule has 0 saturated heterocycles. The van der Waals surface area contributed by atoms with Crippen LogP contribution in [0.25, 0.3) is 10.8 Å². The minimum absolute atomic E-state index is 0.112. The topological polar surface area (TPSA) is 37.3 Å². The van der Waals surface area contributed by atoms with Crippen LogP contribution in [0.15, 0.2) is 24.3 Å². The van der Waals surface area contributed by atoms with Gasteiger partial charge in [-0.1, -0.05) is 40.9 Å². The van der Waals surface area contributed by atoms with Crippen LogP contribution in [0, 0.1) is 0 Å². The monoisotopic (exact) mass is 274 g/mol. The summed E-state index contributed by atoms with van der Waals surface area (Å²) >= 11 is 17.7. The molecule has 0 heterocycles. The van der Waals surface area contributed by atoms with Gasteiger partial charge in [-0.2, -0.15) is 0 Å². The van der Waals surface area contributed by atoms with Crippen LogP contribution in [-0.4, -0.2) is 11.1 Å². The Labute approximate surface area is 106 Å². The number of benzene rings is 2. The zero-order chi connectivity index (χ0) is 11.9. The summed E-state index contributed by atoms with van der Waals surface area (Å²) < 4.78 is 0. The first-order chi connectivity index (χ1) is 7.50. The maximum Gasteiger partial charge on any atom is 0.336 e. The Hall–Kier alpha value is -0.960. The fraction of sp³-hybridized carbons (Fsp3) is 0.